The maximum atomic E-state index is 13.0. The molecule has 0 amide bonds. The van der Waals surface area contributed by atoms with Gasteiger partial charge in [0.1, 0.15) is 110 Å². The Kier molecular flexibility index (Phi) is 20.2. The zero-order chi connectivity index (χ0) is 62.4. The van der Waals surface area contributed by atoms with Crippen LogP contribution in [0.15, 0.2) is 11.6 Å². The number of fused-ring (bicyclic) bond motifs is 5. The Morgan fingerprint density at radius 3 is 1.85 bits per heavy atom. The lowest BCUT2D eigenvalue weighted by Gasteiger charge is -2.64. The van der Waals surface area contributed by atoms with Crippen LogP contribution in [-0.2, 0) is 86.1 Å². The summed E-state index contributed by atoms with van der Waals surface area (Å²) in [5.41, 5.74) is 0.201. The Morgan fingerprint density at radius 1 is 0.612 bits per heavy atom. The Balaban J connectivity index is 0.994. The van der Waals surface area contributed by atoms with E-state index in [9.17, 15) is 81.8 Å². The van der Waals surface area contributed by atoms with E-state index in [1.807, 2.05) is 0 Å². The quantitative estimate of drug-likeness (QED) is 0.0377. The summed E-state index contributed by atoms with van der Waals surface area (Å²) in [6.45, 7) is 10.8. The molecule has 32 heteroatoms. The first-order valence-corrected chi connectivity index (χ1v) is 31.5. The number of carbonyl (C=O) groups is 1. The van der Waals surface area contributed by atoms with E-state index in [1.54, 1.807) is 6.92 Å². The number of ether oxygens (including phenoxy) is 11. The third kappa shape index (κ3) is 12.8. The second-order valence-corrected chi connectivity index (χ2v) is 27.9. The summed E-state index contributed by atoms with van der Waals surface area (Å²) >= 11 is 0. The molecule has 9 aliphatic rings. The van der Waals surface area contributed by atoms with Crippen LogP contribution in [0.5, 0.6) is 0 Å². The zero-order valence-corrected chi connectivity index (χ0v) is 50.1. The van der Waals surface area contributed by atoms with Crippen molar-refractivity contribution in [1.29, 1.82) is 0 Å². The van der Waals surface area contributed by atoms with E-state index in [4.69, 9.17) is 56.3 Å². The zero-order valence-electron chi connectivity index (χ0n) is 48.5. The van der Waals surface area contributed by atoms with Gasteiger partial charge in [-0.25, -0.2) is 8.37 Å². The molecule has 8 fully saturated rings. The number of allylic oxidation sites excluding steroid dienone is 2. The highest BCUT2D eigenvalue weighted by atomic mass is 32.3. The molecule has 30 atom stereocenters. The number of methoxy groups -OCH3 is 1. The fourth-order valence-corrected chi connectivity index (χ4v) is 16.7. The van der Waals surface area contributed by atoms with Gasteiger partial charge in [-0.15, -0.1) is 0 Å². The first-order chi connectivity index (χ1) is 39.6. The van der Waals surface area contributed by atoms with E-state index >= 15 is 0 Å². The molecule has 490 valence electrons. The smallest absolute Gasteiger partial charge is 0.394 e. The van der Waals surface area contributed by atoms with Crippen LogP contribution in [0.3, 0.4) is 0 Å². The fraction of sp³-hybridized carbons (Fsp3) is 0.943. The van der Waals surface area contributed by atoms with Gasteiger partial charge >= 0.3 is 20.8 Å². The molecule has 85 heavy (non-hydrogen) atoms. The van der Waals surface area contributed by atoms with Crippen molar-refractivity contribution in [2.45, 2.75) is 241 Å². The van der Waals surface area contributed by atoms with Crippen molar-refractivity contribution in [1.82, 2.24) is 0 Å². The van der Waals surface area contributed by atoms with Gasteiger partial charge in [-0.1, -0.05) is 46.3 Å². The number of hydrogen-bond acceptors (Lipinski definition) is 28. The van der Waals surface area contributed by atoms with E-state index in [2.05, 4.69) is 44.9 Å². The molecule has 12 N–H and O–H groups in total. The lowest BCUT2D eigenvalue weighted by atomic mass is 9.41. The molecule has 5 heterocycles. The first kappa shape index (κ1) is 67.7. The van der Waals surface area contributed by atoms with Crippen molar-refractivity contribution in [3.05, 3.63) is 11.6 Å². The molecule has 0 aromatic rings. The summed E-state index contributed by atoms with van der Waals surface area (Å²) in [6.07, 6.45) is -35.8. The predicted octanol–water partition coefficient (Wildman–Crippen LogP) is -2.72. The van der Waals surface area contributed by atoms with Crippen LogP contribution < -0.4 is 0 Å². The summed E-state index contributed by atoms with van der Waals surface area (Å²) in [5, 5.41) is 112. The first-order valence-electron chi connectivity index (χ1n) is 28.8. The lowest BCUT2D eigenvalue weighted by molar-refractivity contribution is -0.403. The van der Waals surface area contributed by atoms with Crippen molar-refractivity contribution in [3.8, 4) is 0 Å². The molecule has 0 bridgehead atoms. The number of carbonyl (C=O) groups excluding carboxylic acids is 1. The van der Waals surface area contributed by atoms with E-state index in [0.29, 0.717) is 12.8 Å². The van der Waals surface area contributed by atoms with E-state index in [-0.39, 0.29) is 39.8 Å². The van der Waals surface area contributed by atoms with Gasteiger partial charge < -0.3 is 103 Å². The fourth-order valence-electron chi connectivity index (χ4n) is 15.9. The number of aliphatic hydroxyl groups excluding tert-OH is 10. The van der Waals surface area contributed by atoms with Crippen LogP contribution in [0.25, 0.3) is 0 Å². The summed E-state index contributed by atoms with van der Waals surface area (Å²) < 4.78 is 142. The number of rotatable bonds is 18. The molecule has 3 saturated carbocycles. The van der Waals surface area contributed by atoms with Gasteiger partial charge in [-0.2, -0.15) is 16.8 Å². The summed E-state index contributed by atoms with van der Waals surface area (Å²) in [7, 11) is -9.39. The molecular formula is C53H86O30S2. The molecule has 0 aromatic carbocycles. The molecule has 18 unspecified atom stereocenters. The van der Waals surface area contributed by atoms with E-state index in [0.717, 1.165) is 39.2 Å². The highest BCUT2D eigenvalue weighted by Gasteiger charge is 2.66. The number of Topliss-reactive ketones (excluding diaryl/α,β-unsaturated/α-hetero) is 1. The molecule has 0 aromatic heterocycles. The Bertz CT molecular complexity index is 2600. The van der Waals surface area contributed by atoms with Crippen LogP contribution >= 0.6 is 0 Å². The minimum atomic E-state index is -5.27. The summed E-state index contributed by atoms with van der Waals surface area (Å²) in [6, 6.07) is 0. The Morgan fingerprint density at radius 2 is 1.21 bits per heavy atom. The summed E-state index contributed by atoms with van der Waals surface area (Å²) in [5.74, 6) is 0.479. The largest absolute Gasteiger partial charge is 0.397 e. The number of ketones is 1. The van der Waals surface area contributed by atoms with Gasteiger partial charge in [-0.3, -0.25) is 13.9 Å². The van der Waals surface area contributed by atoms with Crippen LogP contribution in [-0.4, -0.2) is 264 Å². The average molecular weight is 1270 g/mol. The van der Waals surface area contributed by atoms with Crippen LogP contribution in [0.1, 0.15) is 93.4 Å². The predicted molar refractivity (Wildman–Crippen MR) is 281 cm³/mol. The average Bonchev–Trinajstić information content (AvgIpc) is 1.73. The van der Waals surface area contributed by atoms with Crippen molar-refractivity contribution < 1.29 is 142 Å². The second-order valence-electron chi connectivity index (χ2n) is 25.7. The molecular weight excluding hydrogens is 1180 g/mol. The normalized spacial score (nSPS) is 50.4. The highest BCUT2D eigenvalue weighted by molar-refractivity contribution is 7.81. The van der Waals surface area contributed by atoms with E-state index < -0.39 is 200 Å². The van der Waals surface area contributed by atoms with Gasteiger partial charge in [0, 0.05) is 13.0 Å². The van der Waals surface area contributed by atoms with Crippen molar-refractivity contribution in [2.24, 2.45) is 39.4 Å². The lowest BCUT2D eigenvalue weighted by Crippen LogP contribution is -2.68. The minimum Gasteiger partial charge on any atom is -0.394 e. The Labute approximate surface area is 492 Å². The van der Waals surface area contributed by atoms with Crippen LogP contribution in [0, 0.1) is 39.4 Å². The second kappa shape index (κ2) is 25.4. The molecule has 5 saturated heterocycles. The molecule has 0 radical (unpaired) electrons. The molecule has 0 spiro atoms. The van der Waals surface area contributed by atoms with Crippen LogP contribution in [0.4, 0.5) is 0 Å². The van der Waals surface area contributed by atoms with Gasteiger partial charge in [0.05, 0.1) is 38.6 Å². The molecule has 5 aliphatic heterocycles. The van der Waals surface area contributed by atoms with E-state index in [1.165, 1.54) is 12.5 Å². The van der Waals surface area contributed by atoms with Gasteiger partial charge in [0.25, 0.3) is 0 Å². The standard InChI is InChI=1S/C53H86O30S2/c1-21(55)23-11-15-53(7)25-9-10-30-50(3,4)31(13-14-51(30,5)24(25)12-16-52(23,53)6)78-48-43(35(60)29(19-73-48)83-85(68,69)70)82-49-44(81-45-36(61)32(57)26(56)18-72-45)37(62)40(22(2)75-49)79-47-39(64)42(34(59)28(77-47)20-74-84(65,66)67)80-46-38(63)41(71-8)33(58)27(17-54)76-46/h12,22-23,25-49,54,56-64H,9-11,13-20H2,1-8H3,(H,65,66,67)(H,68,69,70)/t22?,23?,25?,26-,27?,28?,29-,30?,31?,32?,33-,34-,35?,36?,37?,38?,39?,40-,41?,42?,43?,44?,45+,46+,47+,48+,49+,51-,52-,53?/m1/s1. The van der Waals surface area contributed by atoms with Gasteiger partial charge in [-0.05, 0) is 92.3 Å². The summed E-state index contributed by atoms with van der Waals surface area (Å²) in [4.78, 5) is 13.0. The van der Waals surface area contributed by atoms with Crippen molar-refractivity contribution >= 4 is 26.6 Å². The Hall–Kier alpha value is -1.69. The third-order valence-corrected chi connectivity index (χ3v) is 21.6. The van der Waals surface area contributed by atoms with Gasteiger partial charge in [0.2, 0.25) is 0 Å². The molecule has 30 nitrogen and oxygen atoms in total. The monoisotopic (exact) mass is 1270 g/mol. The number of aliphatic hydroxyl groups is 10. The topological polar surface area (TPSA) is 448 Å². The van der Waals surface area contributed by atoms with Crippen LogP contribution in [0.2, 0.25) is 0 Å². The minimum absolute atomic E-state index is 0.0271. The number of hydrogen-bond donors (Lipinski definition) is 12. The molecule has 4 aliphatic carbocycles. The molecule has 9 rings (SSSR count). The third-order valence-electron chi connectivity index (χ3n) is 20.7. The van der Waals surface area contributed by atoms with Crippen molar-refractivity contribution in [2.75, 3.05) is 33.5 Å². The maximum absolute atomic E-state index is 13.0. The van der Waals surface area contributed by atoms with Crippen molar-refractivity contribution in [3.63, 3.8) is 0 Å². The maximum Gasteiger partial charge on any atom is 0.397 e. The van der Waals surface area contributed by atoms with Gasteiger partial charge in [0.15, 0.2) is 31.5 Å². The SMILES string of the molecule is COC1C(O)[C@H](OC2C(O)[C@H](O[C@@H]3C(C)O[C@@H](OC4C(O)[C@H](OS(=O)(=O)O)CO[C@H]4OC4CC[C@]5(C)C6=CC[C@]7(C)C(C(C)=O)CCC7(C)C6CCC5C4(C)C)C(O[C@@H]4OC[C@@H](O)C(O)C4O)C3O)OC(COS(=O)(=O)O)[C@H]2O)OC(CO)[C@H]1O. The highest BCUT2D eigenvalue weighted by Crippen LogP contribution is 2.72.